The fourth-order valence-electron chi connectivity index (χ4n) is 4.78. The summed E-state index contributed by atoms with van der Waals surface area (Å²) in [6.45, 7) is 2.29. The van der Waals surface area contributed by atoms with Crippen LogP contribution in [0.15, 0.2) is 48.5 Å². The van der Waals surface area contributed by atoms with E-state index in [-0.39, 0.29) is 23.5 Å². The van der Waals surface area contributed by atoms with E-state index in [9.17, 15) is 22.8 Å². The van der Waals surface area contributed by atoms with E-state index in [0.29, 0.717) is 48.7 Å². The topological polar surface area (TPSA) is 91.4 Å². The molecular formula is C24H22F3N5O3. The van der Waals surface area contributed by atoms with Crippen LogP contribution in [0.2, 0.25) is 0 Å². The van der Waals surface area contributed by atoms with E-state index in [1.54, 1.807) is 29.2 Å². The molecule has 3 heterocycles. The Morgan fingerprint density at radius 1 is 1.06 bits per heavy atom. The number of amides is 2. The van der Waals surface area contributed by atoms with Gasteiger partial charge in [-0.25, -0.2) is 0 Å². The number of likely N-dealkylation sites (tertiary alicyclic amines) is 2. The van der Waals surface area contributed by atoms with Gasteiger partial charge in [-0.2, -0.15) is 0 Å². The molecule has 0 saturated carbocycles. The highest BCUT2D eigenvalue weighted by Crippen LogP contribution is 2.32. The number of piperidine rings is 1. The highest BCUT2D eigenvalue weighted by molar-refractivity contribution is 5.97. The van der Waals surface area contributed by atoms with Crippen LogP contribution in [-0.2, 0) is 4.79 Å². The first-order chi connectivity index (χ1) is 16.7. The van der Waals surface area contributed by atoms with E-state index in [1.165, 1.54) is 30.4 Å². The Balaban J connectivity index is 1.20. The summed E-state index contributed by atoms with van der Waals surface area (Å²) in [5.41, 5.74) is 2.37. The molecule has 2 aromatic carbocycles. The third-order valence-corrected chi connectivity index (χ3v) is 6.48. The molecule has 1 N–H and O–H groups in total. The van der Waals surface area contributed by atoms with Gasteiger partial charge in [-0.1, -0.05) is 17.3 Å². The lowest BCUT2D eigenvalue weighted by atomic mass is 9.88. The van der Waals surface area contributed by atoms with Crippen molar-refractivity contribution >= 4 is 28.9 Å². The molecule has 5 rings (SSSR count). The number of benzene rings is 2. The van der Waals surface area contributed by atoms with Crippen molar-refractivity contribution in [2.24, 2.45) is 11.8 Å². The highest BCUT2D eigenvalue weighted by Gasteiger charge is 2.39. The Bertz CT molecular complexity index is 1290. The highest BCUT2D eigenvalue weighted by atomic mass is 19.4. The van der Waals surface area contributed by atoms with E-state index in [2.05, 4.69) is 20.1 Å². The summed E-state index contributed by atoms with van der Waals surface area (Å²) in [5.74, 6) is -0.149. The van der Waals surface area contributed by atoms with Crippen LogP contribution in [0.1, 0.15) is 22.3 Å². The largest absolute Gasteiger partial charge is 0.573 e. The van der Waals surface area contributed by atoms with Gasteiger partial charge in [0.15, 0.2) is 0 Å². The Labute approximate surface area is 198 Å². The molecule has 8 nitrogen and oxygen atoms in total. The lowest BCUT2D eigenvalue weighted by Gasteiger charge is -2.34. The van der Waals surface area contributed by atoms with Crippen molar-refractivity contribution in [1.82, 2.24) is 25.2 Å². The monoisotopic (exact) mass is 485 g/mol. The minimum absolute atomic E-state index is 0.0704. The van der Waals surface area contributed by atoms with Crippen molar-refractivity contribution in [3.05, 3.63) is 59.7 Å². The van der Waals surface area contributed by atoms with Gasteiger partial charge < -0.3 is 14.5 Å². The van der Waals surface area contributed by atoms with Gasteiger partial charge in [0.2, 0.25) is 5.91 Å². The van der Waals surface area contributed by atoms with Gasteiger partial charge in [0.05, 0.1) is 5.52 Å². The minimum atomic E-state index is -4.78. The fourth-order valence-corrected chi connectivity index (χ4v) is 4.78. The van der Waals surface area contributed by atoms with Crippen molar-refractivity contribution in [2.75, 3.05) is 26.2 Å². The molecule has 0 radical (unpaired) electrons. The number of nitrogens with zero attached hydrogens (tertiary/aromatic N) is 4. The number of H-pyrrole nitrogens is 1. The standard InChI is InChI=1S/C24H22F3N5O3/c25-24(26,27)35-19-3-1-2-15(10-19)4-7-22(33)32-12-17-8-9-31(13-18(17)14-32)23(34)16-5-6-20-21(11-16)29-30-28-20/h1-7,10-11,17-18H,8-9,12-14H2,(H,28,29,30)/t17-,18-/m0/s1. The Kier molecular flexibility index (Phi) is 5.91. The smallest absolute Gasteiger partial charge is 0.406 e. The number of hydrogen-bond donors (Lipinski definition) is 1. The van der Waals surface area contributed by atoms with Crippen LogP contribution >= 0.6 is 0 Å². The fraction of sp³-hybridized carbons (Fsp3) is 0.333. The number of alkyl halides is 3. The normalized spacial score (nSPS) is 20.4. The van der Waals surface area contributed by atoms with Gasteiger partial charge in [0.1, 0.15) is 11.3 Å². The number of aromatic amines is 1. The summed E-state index contributed by atoms with van der Waals surface area (Å²) in [6, 6.07) is 10.7. The van der Waals surface area contributed by atoms with Gasteiger partial charge in [0, 0.05) is 37.8 Å². The summed E-state index contributed by atoms with van der Waals surface area (Å²) < 4.78 is 41.2. The number of nitrogens with one attached hydrogen (secondary N) is 1. The van der Waals surface area contributed by atoms with Crippen LogP contribution in [0, 0.1) is 11.8 Å². The maximum Gasteiger partial charge on any atom is 0.573 e. The number of ether oxygens (including phenoxy) is 1. The molecule has 1 aromatic heterocycles. The molecule has 0 unspecified atom stereocenters. The third-order valence-electron chi connectivity index (χ3n) is 6.48. The number of hydrogen-bond acceptors (Lipinski definition) is 5. The minimum Gasteiger partial charge on any atom is -0.406 e. The molecule has 2 amide bonds. The van der Waals surface area contributed by atoms with Crippen LogP contribution < -0.4 is 4.74 Å². The molecule has 2 atom stereocenters. The Hall–Kier alpha value is -3.89. The molecule has 3 aromatic rings. The van der Waals surface area contributed by atoms with Crippen molar-refractivity contribution in [3.8, 4) is 5.75 Å². The zero-order valence-corrected chi connectivity index (χ0v) is 18.5. The van der Waals surface area contributed by atoms with E-state index in [4.69, 9.17) is 0 Å². The van der Waals surface area contributed by atoms with E-state index in [1.807, 2.05) is 4.90 Å². The number of fused-ring (bicyclic) bond motifs is 2. The third kappa shape index (κ3) is 5.13. The average molecular weight is 485 g/mol. The second kappa shape index (κ2) is 9.05. The van der Waals surface area contributed by atoms with Crippen molar-refractivity contribution < 1.29 is 27.5 Å². The van der Waals surface area contributed by atoms with Crippen LogP contribution in [0.3, 0.4) is 0 Å². The van der Waals surface area contributed by atoms with Gasteiger partial charge in [0.25, 0.3) is 5.91 Å². The zero-order chi connectivity index (χ0) is 24.6. The molecule has 2 fully saturated rings. The predicted octanol–water partition coefficient (Wildman–Crippen LogP) is 3.49. The molecule has 2 aliphatic heterocycles. The van der Waals surface area contributed by atoms with Gasteiger partial charge in [-0.05, 0) is 60.2 Å². The Morgan fingerprint density at radius 3 is 2.69 bits per heavy atom. The van der Waals surface area contributed by atoms with Crippen LogP contribution in [0.25, 0.3) is 17.1 Å². The summed E-state index contributed by atoms with van der Waals surface area (Å²) in [5, 5.41) is 10.5. The second-order valence-electron chi connectivity index (χ2n) is 8.80. The molecule has 182 valence electrons. The SMILES string of the molecule is O=C(C=Cc1cccc(OC(F)(F)F)c1)N1C[C@@H]2CN(C(=O)c3ccc4[nH]nnc4c3)CC[C@H]2C1. The Morgan fingerprint density at radius 2 is 1.86 bits per heavy atom. The maximum atomic E-state index is 13.0. The van der Waals surface area contributed by atoms with E-state index >= 15 is 0 Å². The number of aromatic nitrogens is 3. The van der Waals surface area contributed by atoms with E-state index in [0.717, 1.165) is 11.9 Å². The molecular weight excluding hydrogens is 463 g/mol. The summed E-state index contributed by atoms with van der Waals surface area (Å²) in [4.78, 5) is 29.3. The quantitative estimate of drug-likeness (QED) is 0.572. The molecule has 11 heteroatoms. The first kappa shape index (κ1) is 22.9. The van der Waals surface area contributed by atoms with Crippen LogP contribution in [0.4, 0.5) is 13.2 Å². The van der Waals surface area contributed by atoms with Crippen molar-refractivity contribution in [2.45, 2.75) is 12.8 Å². The summed E-state index contributed by atoms with van der Waals surface area (Å²) in [6.07, 6.45) is -1.14. The number of carbonyl (C=O) groups excluding carboxylic acids is 2. The number of halogens is 3. The molecule has 2 saturated heterocycles. The average Bonchev–Trinajstić information content (AvgIpc) is 3.47. The molecule has 35 heavy (non-hydrogen) atoms. The van der Waals surface area contributed by atoms with Crippen LogP contribution in [0.5, 0.6) is 5.75 Å². The zero-order valence-electron chi connectivity index (χ0n) is 18.5. The van der Waals surface area contributed by atoms with Crippen molar-refractivity contribution in [1.29, 1.82) is 0 Å². The summed E-state index contributed by atoms with van der Waals surface area (Å²) in [7, 11) is 0. The lowest BCUT2D eigenvalue weighted by molar-refractivity contribution is -0.274. The molecule has 2 aliphatic rings. The second-order valence-corrected chi connectivity index (χ2v) is 8.80. The summed E-state index contributed by atoms with van der Waals surface area (Å²) >= 11 is 0. The van der Waals surface area contributed by atoms with Gasteiger partial charge in [-0.3, -0.25) is 14.7 Å². The first-order valence-corrected chi connectivity index (χ1v) is 11.2. The van der Waals surface area contributed by atoms with Gasteiger partial charge >= 0.3 is 6.36 Å². The maximum absolute atomic E-state index is 13.0. The lowest BCUT2D eigenvalue weighted by Crippen LogP contribution is -2.43. The van der Waals surface area contributed by atoms with Crippen LogP contribution in [-0.4, -0.2) is 69.6 Å². The predicted molar refractivity (Wildman–Crippen MR) is 120 cm³/mol. The molecule has 0 spiro atoms. The number of rotatable bonds is 4. The number of carbonyl (C=O) groups is 2. The van der Waals surface area contributed by atoms with E-state index < -0.39 is 6.36 Å². The first-order valence-electron chi connectivity index (χ1n) is 11.2. The van der Waals surface area contributed by atoms with Gasteiger partial charge in [-0.15, -0.1) is 18.3 Å². The molecule has 0 aliphatic carbocycles. The molecule has 0 bridgehead atoms. The van der Waals surface area contributed by atoms with Crippen molar-refractivity contribution in [3.63, 3.8) is 0 Å².